The second-order valence-electron chi connectivity index (χ2n) is 5.50. The average Bonchev–Trinajstić information content (AvgIpc) is 3.02. The van der Waals surface area contributed by atoms with Crippen molar-refractivity contribution in [3.8, 4) is 5.75 Å². The topological polar surface area (TPSA) is 92.3 Å². The van der Waals surface area contributed by atoms with Crippen molar-refractivity contribution in [1.29, 1.82) is 0 Å². The summed E-state index contributed by atoms with van der Waals surface area (Å²) in [5.74, 6) is -0.810. The number of methoxy groups -OCH3 is 1. The molecule has 0 spiro atoms. The van der Waals surface area contributed by atoms with E-state index in [4.69, 9.17) is 4.74 Å². The number of nitrogens with zero attached hydrogens (tertiary/aromatic N) is 1. The monoisotopic (exact) mass is 336 g/mol. The first-order chi connectivity index (χ1) is 12.0. The highest BCUT2D eigenvalue weighted by molar-refractivity contribution is 6.03. The number of benzene rings is 2. The number of ketones is 1. The fourth-order valence-corrected chi connectivity index (χ4v) is 2.64. The molecule has 0 unspecified atom stereocenters. The Hall–Kier alpha value is -3.41. The van der Waals surface area contributed by atoms with Crippen molar-refractivity contribution < 1.29 is 19.4 Å². The molecule has 1 aromatic heterocycles. The first-order valence-electron chi connectivity index (χ1n) is 7.58. The predicted octanol–water partition coefficient (Wildman–Crippen LogP) is 3.64. The largest absolute Gasteiger partial charge is 0.495 e. The Balaban J connectivity index is 2.07. The zero-order valence-electron chi connectivity index (χ0n) is 13.7. The number of aromatic nitrogens is 2. The number of carbonyl (C=O) groups excluding carboxylic acids is 1. The lowest BCUT2D eigenvalue weighted by atomic mass is 10.1. The summed E-state index contributed by atoms with van der Waals surface area (Å²) in [6, 6.07) is 10.3. The van der Waals surface area contributed by atoms with E-state index in [9.17, 15) is 14.7 Å². The lowest BCUT2D eigenvalue weighted by molar-refractivity contribution is 0.0693. The average molecular weight is 336 g/mol. The number of nitrogens with one attached hydrogen (secondary N) is 1. The molecule has 0 aliphatic carbocycles. The van der Waals surface area contributed by atoms with E-state index < -0.39 is 5.97 Å². The van der Waals surface area contributed by atoms with E-state index in [2.05, 4.69) is 10.2 Å². The first-order valence-corrected chi connectivity index (χ1v) is 7.58. The minimum Gasteiger partial charge on any atom is -0.495 e. The Morgan fingerprint density at radius 1 is 1.20 bits per heavy atom. The highest BCUT2D eigenvalue weighted by atomic mass is 16.5. The number of hydrogen-bond donors (Lipinski definition) is 2. The van der Waals surface area contributed by atoms with Crippen molar-refractivity contribution in [3.05, 3.63) is 58.8 Å². The van der Waals surface area contributed by atoms with Crippen LogP contribution in [-0.2, 0) is 0 Å². The molecule has 25 heavy (non-hydrogen) atoms. The molecule has 1 heterocycles. The summed E-state index contributed by atoms with van der Waals surface area (Å²) in [5, 5.41) is 17.0. The van der Waals surface area contributed by atoms with E-state index in [0.29, 0.717) is 22.2 Å². The maximum Gasteiger partial charge on any atom is 0.339 e. The molecule has 0 atom stereocenters. The standard InChI is InChI=1S/C19H16N2O4/c1-11(22)13-5-3-4-12(10-13)6-8-15-17-16(21-20-15)9-7-14(19(23)24)18(17)25-2/h3-10H,1-2H3,(H,20,21)(H,23,24)/b8-6+. The van der Waals surface area contributed by atoms with Gasteiger partial charge in [-0.3, -0.25) is 9.89 Å². The van der Waals surface area contributed by atoms with Crippen molar-refractivity contribution in [1.82, 2.24) is 10.2 Å². The summed E-state index contributed by atoms with van der Waals surface area (Å²) in [5.41, 5.74) is 2.79. The van der Waals surface area contributed by atoms with Crippen molar-refractivity contribution in [2.24, 2.45) is 0 Å². The van der Waals surface area contributed by atoms with Crippen LogP contribution in [0, 0.1) is 0 Å². The number of hydrogen-bond acceptors (Lipinski definition) is 4. The third-order valence-electron chi connectivity index (χ3n) is 3.87. The predicted molar refractivity (Wildman–Crippen MR) is 95.0 cm³/mol. The number of ether oxygens (including phenoxy) is 1. The van der Waals surface area contributed by atoms with E-state index in [1.165, 1.54) is 20.1 Å². The van der Waals surface area contributed by atoms with Crippen molar-refractivity contribution in [2.75, 3.05) is 7.11 Å². The van der Waals surface area contributed by atoms with Crippen LogP contribution >= 0.6 is 0 Å². The maximum absolute atomic E-state index is 11.5. The molecule has 0 bridgehead atoms. The number of aromatic carboxylic acids is 1. The number of carbonyl (C=O) groups is 2. The molecule has 0 saturated carbocycles. The Kier molecular flexibility index (Phi) is 4.35. The molecule has 6 nitrogen and oxygen atoms in total. The number of rotatable bonds is 5. The van der Waals surface area contributed by atoms with Gasteiger partial charge in [0, 0.05) is 5.56 Å². The third-order valence-corrected chi connectivity index (χ3v) is 3.87. The van der Waals surface area contributed by atoms with E-state index in [1.807, 2.05) is 18.2 Å². The van der Waals surface area contributed by atoms with Crippen LogP contribution in [0.25, 0.3) is 23.1 Å². The van der Waals surface area contributed by atoms with Gasteiger partial charge in [0.2, 0.25) is 0 Å². The molecule has 2 aromatic carbocycles. The van der Waals surface area contributed by atoms with Crippen molar-refractivity contribution >= 4 is 34.8 Å². The Morgan fingerprint density at radius 3 is 2.68 bits per heavy atom. The smallest absolute Gasteiger partial charge is 0.339 e. The van der Waals surface area contributed by atoms with Crippen LogP contribution in [0.2, 0.25) is 0 Å². The van der Waals surface area contributed by atoms with Gasteiger partial charge in [-0.2, -0.15) is 5.10 Å². The highest BCUT2D eigenvalue weighted by Gasteiger charge is 2.17. The molecule has 0 aliphatic heterocycles. The second-order valence-corrected chi connectivity index (χ2v) is 5.50. The van der Waals surface area contributed by atoms with Crippen LogP contribution < -0.4 is 4.74 Å². The molecule has 0 amide bonds. The molecule has 0 saturated heterocycles. The van der Waals surface area contributed by atoms with Crippen LogP contribution in [0.5, 0.6) is 5.75 Å². The molecule has 0 fully saturated rings. The Labute approximate surface area is 143 Å². The SMILES string of the molecule is COc1c(C(=O)O)ccc2n[nH]c(/C=C/c3cccc(C(C)=O)c3)c12. The zero-order valence-corrected chi connectivity index (χ0v) is 13.7. The number of fused-ring (bicyclic) bond motifs is 1. The fraction of sp³-hybridized carbons (Fsp3) is 0.105. The number of carboxylic acids is 1. The van der Waals surface area contributed by atoms with Gasteiger partial charge < -0.3 is 9.84 Å². The van der Waals surface area contributed by atoms with Crippen LogP contribution in [0.4, 0.5) is 0 Å². The number of H-pyrrole nitrogens is 1. The van der Waals surface area contributed by atoms with Crippen molar-refractivity contribution in [3.63, 3.8) is 0 Å². The van der Waals surface area contributed by atoms with Gasteiger partial charge in [0.25, 0.3) is 0 Å². The number of aromatic amines is 1. The quantitative estimate of drug-likeness (QED) is 0.694. The number of Topliss-reactive ketones (excluding diaryl/α,β-unsaturated/α-hetero) is 1. The van der Waals surface area contributed by atoms with Gasteiger partial charge in [-0.15, -0.1) is 0 Å². The van der Waals surface area contributed by atoms with Gasteiger partial charge in [-0.1, -0.05) is 24.3 Å². The minimum absolute atomic E-state index is 0.00462. The van der Waals surface area contributed by atoms with Crippen molar-refractivity contribution in [2.45, 2.75) is 6.92 Å². The molecule has 6 heteroatoms. The summed E-state index contributed by atoms with van der Waals surface area (Å²) in [6.07, 6.45) is 3.61. The van der Waals surface area contributed by atoms with E-state index >= 15 is 0 Å². The lowest BCUT2D eigenvalue weighted by Gasteiger charge is -2.06. The fourth-order valence-electron chi connectivity index (χ4n) is 2.64. The van der Waals surface area contributed by atoms with Gasteiger partial charge in [0.1, 0.15) is 11.3 Å². The first kappa shape index (κ1) is 16.4. The lowest BCUT2D eigenvalue weighted by Crippen LogP contribution is -2.00. The Morgan fingerprint density at radius 2 is 2.00 bits per heavy atom. The summed E-state index contributed by atoms with van der Waals surface area (Å²) in [7, 11) is 1.43. The van der Waals surface area contributed by atoms with Gasteiger partial charge in [-0.05, 0) is 36.8 Å². The molecule has 126 valence electrons. The molecule has 0 radical (unpaired) electrons. The van der Waals surface area contributed by atoms with Crippen LogP contribution in [-0.4, -0.2) is 34.2 Å². The molecule has 3 rings (SSSR count). The molecule has 2 N–H and O–H groups in total. The summed E-state index contributed by atoms with van der Waals surface area (Å²) in [6.45, 7) is 1.52. The molecule has 3 aromatic rings. The second kappa shape index (κ2) is 6.60. The van der Waals surface area contributed by atoms with E-state index in [1.54, 1.807) is 24.3 Å². The Bertz CT molecular complexity index is 1000. The van der Waals surface area contributed by atoms with Crippen LogP contribution in [0.3, 0.4) is 0 Å². The van der Waals surface area contributed by atoms with Gasteiger partial charge in [-0.25, -0.2) is 4.79 Å². The van der Waals surface area contributed by atoms with Crippen LogP contribution in [0.1, 0.15) is 38.9 Å². The summed E-state index contributed by atoms with van der Waals surface area (Å²) in [4.78, 5) is 22.9. The third kappa shape index (κ3) is 3.14. The van der Waals surface area contributed by atoms with Gasteiger partial charge >= 0.3 is 5.97 Å². The normalized spacial score (nSPS) is 11.1. The number of carboxylic acid groups (broad SMARTS) is 1. The summed E-state index contributed by atoms with van der Waals surface area (Å²) < 4.78 is 5.30. The molecular weight excluding hydrogens is 320 g/mol. The zero-order chi connectivity index (χ0) is 18.0. The highest BCUT2D eigenvalue weighted by Crippen LogP contribution is 2.32. The van der Waals surface area contributed by atoms with E-state index in [-0.39, 0.29) is 17.1 Å². The molecule has 0 aliphatic rings. The minimum atomic E-state index is -1.07. The molecular formula is C19H16N2O4. The summed E-state index contributed by atoms with van der Waals surface area (Å²) >= 11 is 0. The van der Waals surface area contributed by atoms with Gasteiger partial charge in [0.15, 0.2) is 5.78 Å². The van der Waals surface area contributed by atoms with Crippen LogP contribution in [0.15, 0.2) is 36.4 Å². The maximum atomic E-state index is 11.5. The van der Waals surface area contributed by atoms with E-state index in [0.717, 1.165) is 5.56 Å². The van der Waals surface area contributed by atoms with Gasteiger partial charge in [0.05, 0.1) is 23.7 Å².